The van der Waals surface area contributed by atoms with Crippen molar-refractivity contribution in [3.63, 3.8) is 0 Å². The Kier molecular flexibility index (Phi) is 6.33. The van der Waals surface area contributed by atoms with E-state index in [0.717, 1.165) is 38.8 Å². The predicted molar refractivity (Wildman–Crippen MR) is 83.0 cm³/mol. The summed E-state index contributed by atoms with van der Waals surface area (Å²) in [4.78, 5) is 25.9. The lowest BCUT2D eigenvalue weighted by molar-refractivity contribution is -0.130. The van der Waals surface area contributed by atoms with Gasteiger partial charge in [-0.1, -0.05) is 26.2 Å². The van der Waals surface area contributed by atoms with Crippen molar-refractivity contribution in [1.82, 2.24) is 15.5 Å². The van der Waals surface area contributed by atoms with Crippen LogP contribution in [0, 0.1) is 5.92 Å². The van der Waals surface area contributed by atoms with E-state index in [9.17, 15) is 9.59 Å². The van der Waals surface area contributed by atoms with E-state index in [1.54, 1.807) is 0 Å². The molecule has 0 aromatic rings. The van der Waals surface area contributed by atoms with Crippen molar-refractivity contribution < 1.29 is 9.59 Å². The smallest absolute Gasteiger partial charge is 0.315 e. The number of carbonyl (C=O) groups excluding carboxylic acids is 2. The second kappa shape index (κ2) is 8.25. The summed E-state index contributed by atoms with van der Waals surface area (Å²) in [6.07, 6.45) is 9.11. The molecule has 1 saturated heterocycles. The molecular formula is C16H29N3O2. The third kappa shape index (κ3) is 5.56. The van der Waals surface area contributed by atoms with Crippen LogP contribution in [-0.2, 0) is 4.79 Å². The molecule has 1 saturated carbocycles. The summed E-state index contributed by atoms with van der Waals surface area (Å²) in [5.74, 6) is 0.744. The molecule has 0 bridgehead atoms. The van der Waals surface area contributed by atoms with Gasteiger partial charge in [-0.3, -0.25) is 4.79 Å². The van der Waals surface area contributed by atoms with E-state index in [1.807, 2.05) is 4.90 Å². The molecule has 21 heavy (non-hydrogen) atoms. The topological polar surface area (TPSA) is 61.4 Å². The van der Waals surface area contributed by atoms with Gasteiger partial charge < -0.3 is 15.5 Å². The normalized spacial score (nSPS) is 24.2. The molecule has 1 heterocycles. The first kappa shape index (κ1) is 16.1. The number of amides is 3. The standard InChI is InChI=1S/C16H29N3O2/c1-13-6-5-10-19(11-9-13)15(20)12-17-16(21)18-14-7-3-2-4-8-14/h13-14H,2-12H2,1H3,(H2,17,18,21)/t13-/m1/s1. The molecule has 2 N–H and O–H groups in total. The first-order valence-corrected chi connectivity index (χ1v) is 8.47. The summed E-state index contributed by atoms with van der Waals surface area (Å²) in [7, 11) is 0. The highest BCUT2D eigenvalue weighted by molar-refractivity contribution is 5.84. The minimum Gasteiger partial charge on any atom is -0.341 e. The van der Waals surface area contributed by atoms with Gasteiger partial charge in [0.15, 0.2) is 0 Å². The molecule has 0 unspecified atom stereocenters. The minimum absolute atomic E-state index is 0.0443. The third-order valence-electron chi connectivity index (χ3n) is 4.71. The van der Waals surface area contributed by atoms with Crippen LogP contribution in [0.2, 0.25) is 0 Å². The monoisotopic (exact) mass is 295 g/mol. The molecular weight excluding hydrogens is 266 g/mol. The van der Waals surface area contributed by atoms with Crippen LogP contribution in [0.25, 0.3) is 0 Å². The highest BCUT2D eigenvalue weighted by Gasteiger charge is 2.20. The van der Waals surface area contributed by atoms with E-state index in [2.05, 4.69) is 17.6 Å². The van der Waals surface area contributed by atoms with Crippen molar-refractivity contribution in [3.8, 4) is 0 Å². The molecule has 5 heteroatoms. The van der Waals surface area contributed by atoms with E-state index >= 15 is 0 Å². The fourth-order valence-electron chi connectivity index (χ4n) is 3.26. The first-order valence-electron chi connectivity index (χ1n) is 8.47. The van der Waals surface area contributed by atoms with Gasteiger partial charge in [0, 0.05) is 19.1 Å². The Hall–Kier alpha value is -1.26. The Balaban J connectivity index is 1.66. The Bertz CT molecular complexity index is 353. The average molecular weight is 295 g/mol. The molecule has 1 aliphatic carbocycles. The van der Waals surface area contributed by atoms with Gasteiger partial charge in [-0.25, -0.2) is 4.79 Å². The Morgan fingerprint density at radius 1 is 1.00 bits per heavy atom. The second-order valence-electron chi connectivity index (χ2n) is 6.58. The van der Waals surface area contributed by atoms with Crippen LogP contribution in [0.4, 0.5) is 4.79 Å². The lowest BCUT2D eigenvalue weighted by atomic mass is 9.96. The summed E-state index contributed by atoms with van der Waals surface area (Å²) >= 11 is 0. The zero-order valence-electron chi connectivity index (χ0n) is 13.2. The van der Waals surface area contributed by atoms with E-state index in [-0.39, 0.29) is 24.5 Å². The van der Waals surface area contributed by atoms with Crippen LogP contribution >= 0.6 is 0 Å². The molecule has 2 rings (SSSR count). The molecule has 0 aromatic heterocycles. The summed E-state index contributed by atoms with van der Waals surface area (Å²) in [5, 5.41) is 5.69. The maximum Gasteiger partial charge on any atom is 0.315 e. The van der Waals surface area contributed by atoms with Crippen LogP contribution in [-0.4, -0.2) is 42.5 Å². The quantitative estimate of drug-likeness (QED) is 0.839. The number of hydrogen-bond acceptors (Lipinski definition) is 2. The molecule has 3 amide bonds. The lowest BCUT2D eigenvalue weighted by Crippen LogP contribution is -2.47. The number of likely N-dealkylation sites (tertiary alicyclic amines) is 1. The van der Waals surface area contributed by atoms with E-state index in [4.69, 9.17) is 0 Å². The number of carbonyl (C=O) groups is 2. The summed E-state index contributed by atoms with van der Waals surface area (Å²) in [5.41, 5.74) is 0. The van der Waals surface area contributed by atoms with E-state index in [0.29, 0.717) is 5.92 Å². The van der Waals surface area contributed by atoms with Crippen molar-refractivity contribution in [3.05, 3.63) is 0 Å². The predicted octanol–water partition coefficient (Wildman–Crippen LogP) is 2.27. The fraction of sp³-hybridized carbons (Fsp3) is 0.875. The Labute approximate surface area is 127 Å². The van der Waals surface area contributed by atoms with Gasteiger partial charge in [-0.05, 0) is 38.0 Å². The molecule has 2 fully saturated rings. The zero-order valence-corrected chi connectivity index (χ0v) is 13.2. The molecule has 5 nitrogen and oxygen atoms in total. The maximum atomic E-state index is 12.1. The minimum atomic E-state index is -0.196. The van der Waals surface area contributed by atoms with Crippen molar-refractivity contribution >= 4 is 11.9 Å². The van der Waals surface area contributed by atoms with Gasteiger partial charge in [0.1, 0.15) is 0 Å². The van der Waals surface area contributed by atoms with Crippen LogP contribution in [0.15, 0.2) is 0 Å². The zero-order chi connectivity index (χ0) is 15.1. The number of rotatable bonds is 3. The molecule has 0 aromatic carbocycles. The number of urea groups is 1. The molecule has 0 spiro atoms. The molecule has 0 radical (unpaired) electrons. The highest BCUT2D eigenvalue weighted by atomic mass is 16.2. The fourth-order valence-corrected chi connectivity index (χ4v) is 3.26. The molecule has 120 valence electrons. The van der Waals surface area contributed by atoms with Gasteiger partial charge in [-0.2, -0.15) is 0 Å². The van der Waals surface area contributed by atoms with Crippen molar-refractivity contribution in [2.75, 3.05) is 19.6 Å². The average Bonchev–Trinajstić information content (AvgIpc) is 2.70. The largest absolute Gasteiger partial charge is 0.341 e. The molecule has 2 aliphatic rings. The van der Waals surface area contributed by atoms with Gasteiger partial charge >= 0.3 is 6.03 Å². The highest BCUT2D eigenvalue weighted by Crippen LogP contribution is 2.17. The second-order valence-corrected chi connectivity index (χ2v) is 6.58. The van der Waals surface area contributed by atoms with Crippen molar-refractivity contribution in [2.24, 2.45) is 5.92 Å². The van der Waals surface area contributed by atoms with Crippen LogP contribution in [0.5, 0.6) is 0 Å². The number of nitrogens with zero attached hydrogens (tertiary/aromatic N) is 1. The van der Waals surface area contributed by atoms with Crippen LogP contribution in [0.3, 0.4) is 0 Å². The summed E-state index contributed by atoms with van der Waals surface area (Å²) in [6.45, 7) is 4.01. The maximum absolute atomic E-state index is 12.1. The van der Waals surface area contributed by atoms with Gasteiger partial charge in [0.05, 0.1) is 6.54 Å². The first-order chi connectivity index (χ1) is 10.1. The third-order valence-corrected chi connectivity index (χ3v) is 4.71. The number of nitrogens with one attached hydrogen (secondary N) is 2. The van der Waals surface area contributed by atoms with E-state index < -0.39 is 0 Å². The molecule has 1 aliphatic heterocycles. The molecule has 1 atom stereocenters. The Morgan fingerprint density at radius 2 is 1.76 bits per heavy atom. The Morgan fingerprint density at radius 3 is 2.52 bits per heavy atom. The number of hydrogen-bond donors (Lipinski definition) is 2. The van der Waals surface area contributed by atoms with Gasteiger partial charge in [0.25, 0.3) is 0 Å². The summed E-state index contributed by atoms with van der Waals surface area (Å²) in [6, 6.07) is 0.0892. The van der Waals surface area contributed by atoms with E-state index in [1.165, 1.54) is 25.7 Å². The van der Waals surface area contributed by atoms with Crippen LogP contribution in [0.1, 0.15) is 58.3 Å². The van der Waals surface area contributed by atoms with Crippen molar-refractivity contribution in [2.45, 2.75) is 64.3 Å². The van der Waals surface area contributed by atoms with Gasteiger partial charge in [0.2, 0.25) is 5.91 Å². The lowest BCUT2D eigenvalue weighted by Gasteiger charge is -2.24. The SMILES string of the molecule is C[C@@H]1CCCN(C(=O)CNC(=O)NC2CCCCC2)CC1. The van der Waals surface area contributed by atoms with Crippen molar-refractivity contribution in [1.29, 1.82) is 0 Å². The van der Waals surface area contributed by atoms with Crippen LogP contribution < -0.4 is 10.6 Å². The van der Waals surface area contributed by atoms with Gasteiger partial charge in [-0.15, -0.1) is 0 Å². The summed E-state index contributed by atoms with van der Waals surface area (Å²) < 4.78 is 0.